The molecule has 0 aliphatic carbocycles. The zero-order valence-corrected chi connectivity index (χ0v) is 19.7. The van der Waals surface area contributed by atoms with Crippen LogP contribution < -0.4 is 4.90 Å². The Balaban J connectivity index is 1.44. The number of anilines is 2. The minimum atomic E-state index is -4.45. The summed E-state index contributed by atoms with van der Waals surface area (Å²) in [6, 6.07) is 19.7. The fraction of sp³-hybridized carbons (Fsp3) is 0.296. The SMILES string of the molecule is O=C(c1ccccc1)C1CC(F)CCN1CCN1c2ccccc2Sc2ccc(C(F)(F)F)cc21. The van der Waals surface area contributed by atoms with Crippen LogP contribution in [0.1, 0.15) is 28.8 Å². The van der Waals surface area contributed by atoms with Crippen LogP contribution in [0.5, 0.6) is 0 Å². The molecule has 0 spiro atoms. The second-order valence-electron chi connectivity index (χ2n) is 8.81. The number of benzene rings is 3. The lowest BCUT2D eigenvalue weighted by Crippen LogP contribution is -2.50. The van der Waals surface area contributed by atoms with E-state index in [2.05, 4.69) is 0 Å². The minimum Gasteiger partial charge on any atom is -0.338 e. The Kier molecular flexibility index (Phi) is 6.59. The van der Waals surface area contributed by atoms with Crippen molar-refractivity contribution in [2.45, 2.75) is 41.0 Å². The molecule has 8 heteroatoms. The summed E-state index contributed by atoms with van der Waals surface area (Å²) < 4.78 is 54.8. The van der Waals surface area contributed by atoms with Gasteiger partial charge in [-0.2, -0.15) is 13.2 Å². The predicted molar refractivity (Wildman–Crippen MR) is 129 cm³/mol. The Morgan fingerprint density at radius 2 is 1.63 bits per heavy atom. The van der Waals surface area contributed by atoms with E-state index in [4.69, 9.17) is 0 Å². The number of halogens is 4. The molecule has 3 aromatic rings. The number of ketones is 1. The summed E-state index contributed by atoms with van der Waals surface area (Å²) in [4.78, 5) is 18.8. The molecule has 0 bridgehead atoms. The van der Waals surface area contributed by atoms with E-state index in [1.165, 1.54) is 23.9 Å². The van der Waals surface area contributed by atoms with E-state index < -0.39 is 24.0 Å². The van der Waals surface area contributed by atoms with Gasteiger partial charge in [0.05, 0.1) is 23.0 Å². The summed E-state index contributed by atoms with van der Waals surface area (Å²) in [7, 11) is 0. The summed E-state index contributed by atoms with van der Waals surface area (Å²) in [5, 5.41) is 0. The van der Waals surface area contributed by atoms with Crippen LogP contribution in [-0.2, 0) is 6.18 Å². The molecule has 3 aromatic carbocycles. The quantitative estimate of drug-likeness (QED) is 0.278. The summed E-state index contributed by atoms with van der Waals surface area (Å²) in [5.41, 5.74) is 1.17. The molecule has 3 nitrogen and oxygen atoms in total. The van der Waals surface area contributed by atoms with Gasteiger partial charge >= 0.3 is 6.18 Å². The van der Waals surface area contributed by atoms with E-state index in [1.54, 1.807) is 24.3 Å². The molecule has 2 atom stereocenters. The lowest BCUT2D eigenvalue weighted by Gasteiger charge is -2.39. The third-order valence-corrected chi connectivity index (χ3v) is 7.70. The van der Waals surface area contributed by atoms with Crippen molar-refractivity contribution in [3.8, 4) is 0 Å². The van der Waals surface area contributed by atoms with Crippen LogP contribution in [0.15, 0.2) is 82.6 Å². The van der Waals surface area contributed by atoms with Crippen molar-refractivity contribution in [2.75, 3.05) is 24.5 Å². The molecular weight excluding hydrogens is 476 g/mol. The largest absolute Gasteiger partial charge is 0.416 e. The van der Waals surface area contributed by atoms with Crippen molar-refractivity contribution in [2.24, 2.45) is 0 Å². The number of para-hydroxylation sites is 1. The van der Waals surface area contributed by atoms with E-state index in [0.29, 0.717) is 37.3 Å². The summed E-state index contributed by atoms with van der Waals surface area (Å²) >= 11 is 1.44. The highest BCUT2D eigenvalue weighted by Crippen LogP contribution is 2.49. The van der Waals surface area contributed by atoms with E-state index in [1.807, 2.05) is 40.1 Å². The highest BCUT2D eigenvalue weighted by molar-refractivity contribution is 7.99. The van der Waals surface area contributed by atoms with Crippen LogP contribution in [0, 0.1) is 0 Å². The second kappa shape index (κ2) is 9.66. The maximum atomic E-state index is 14.3. The molecule has 182 valence electrons. The molecule has 2 aliphatic rings. The first-order valence-electron chi connectivity index (χ1n) is 11.5. The fourth-order valence-corrected chi connectivity index (χ4v) is 5.86. The van der Waals surface area contributed by atoms with Crippen LogP contribution in [-0.4, -0.2) is 42.5 Å². The highest BCUT2D eigenvalue weighted by atomic mass is 32.2. The Hall–Kier alpha value is -2.84. The van der Waals surface area contributed by atoms with Crippen LogP contribution in [0.3, 0.4) is 0 Å². The molecule has 5 rings (SSSR count). The Morgan fingerprint density at radius 3 is 2.40 bits per heavy atom. The monoisotopic (exact) mass is 500 g/mol. The standard InChI is InChI=1S/C27H24F4N2OS/c28-20-12-13-32(23(17-20)26(34)18-6-2-1-3-7-18)14-15-33-21-8-4-5-9-24(21)35-25-11-10-19(16-22(25)33)27(29,30)31/h1-11,16,20,23H,12-15,17H2. The van der Waals surface area contributed by atoms with Crippen LogP contribution in [0.25, 0.3) is 0 Å². The molecule has 0 N–H and O–H groups in total. The van der Waals surface area contributed by atoms with E-state index in [-0.39, 0.29) is 12.2 Å². The predicted octanol–water partition coefficient (Wildman–Crippen LogP) is 6.99. The number of carbonyl (C=O) groups is 1. The zero-order chi connectivity index (χ0) is 24.6. The first-order chi connectivity index (χ1) is 16.8. The molecule has 2 unspecified atom stereocenters. The number of hydrogen-bond donors (Lipinski definition) is 0. The number of carbonyl (C=O) groups excluding carboxylic acids is 1. The number of likely N-dealkylation sites (tertiary alicyclic amines) is 1. The van der Waals surface area contributed by atoms with Gasteiger partial charge in [0.25, 0.3) is 0 Å². The molecule has 0 aromatic heterocycles. The third kappa shape index (κ3) is 4.95. The van der Waals surface area contributed by atoms with Gasteiger partial charge in [-0.15, -0.1) is 0 Å². The number of rotatable bonds is 5. The molecule has 2 heterocycles. The minimum absolute atomic E-state index is 0.120. The molecule has 0 radical (unpaired) electrons. The van der Waals surface area contributed by atoms with E-state index in [9.17, 15) is 22.4 Å². The Morgan fingerprint density at radius 1 is 0.914 bits per heavy atom. The van der Waals surface area contributed by atoms with Crippen molar-refractivity contribution < 1.29 is 22.4 Å². The third-order valence-electron chi connectivity index (χ3n) is 6.57. The van der Waals surface area contributed by atoms with Crippen molar-refractivity contribution in [1.29, 1.82) is 0 Å². The van der Waals surface area contributed by atoms with Crippen molar-refractivity contribution in [3.63, 3.8) is 0 Å². The van der Waals surface area contributed by atoms with Gasteiger partial charge < -0.3 is 4.90 Å². The van der Waals surface area contributed by atoms with Crippen molar-refractivity contribution >= 4 is 28.9 Å². The number of hydrogen-bond acceptors (Lipinski definition) is 4. The Labute approximate surface area is 205 Å². The molecule has 35 heavy (non-hydrogen) atoms. The molecule has 1 fully saturated rings. The smallest absolute Gasteiger partial charge is 0.338 e. The summed E-state index contributed by atoms with van der Waals surface area (Å²) in [6.45, 7) is 1.22. The maximum absolute atomic E-state index is 14.3. The zero-order valence-electron chi connectivity index (χ0n) is 18.8. The molecular formula is C27H24F4N2OS. The van der Waals surface area contributed by atoms with E-state index in [0.717, 1.165) is 21.5 Å². The fourth-order valence-electron chi connectivity index (χ4n) is 4.78. The number of nitrogens with zero attached hydrogens (tertiary/aromatic N) is 2. The van der Waals surface area contributed by atoms with Crippen LogP contribution in [0.2, 0.25) is 0 Å². The van der Waals surface area contributed by atoms with Gasteiger partial charge in [0.15, 0.2) is 5.78 Å². The summed E-state index contributed by atoms with van der Waals surface area (Å²) in [6.07, 6.45) is -5.04. The number of piperidine rings is 1. The molecule has 0 amide bonds. The number of fused-ring (bicyclic) bond motifs is 2. The van der Waals surface area contributed by atoms with Crippen molar-refractivity contribution in [3.05, 3.63) is 83.9 Å². The van der Waals surface area contributed by atoms with Crippen molar-refractivity contribution in [1.82, 2.24) is 4.90 Å². The first kappa shape index (κ1) is 23.9. The highest BCUT2D eigenvalue weighted by Gasteiger charge is 2.36. The van der Waals surface area contributed by atoms with Gasteiger partial charge in [0.2, 0.25) is 0 Å². The lowest BCUT2D eigenvalue weighted by atomic mass is 9.93. The van der Waals surface area contributed by atoms with Gasteiger partial charge in [0.1, 0.15) is 6.17 Å². The molecule has 1 saturated heterocycles. The molecule has 2 aliphatic heterocycles. The summed E-state index contributed by atoms with van der Waals surface area (Å²) in [5.74, 6) is -0.123. The van der Waals surface area contributed by atoms with Crippen LogP contribution >= 0.6 is 11.8 Å². The van der Waals surface area contributed by atoms with Gasteiger partial charge in [-0.25, -0.2) is 4.39 Å². The van der Waals surface area contributed by atoms with E-state index >= 15 is 0 Å². The van der Waals surface area contributed by atoms with Crippen LogP contribution in [0.4, 0.5) is 28.9 Å². The second-order valence-corrected chi connectivity index (χ2v) is 9.89. The van der Waals surface area contributed by atoms with Gasteiger partial charge in [-0.3, -0.25) is 9.69 Å². The molecule has 0 saturated carbocycles. The van der Waals surface area contributed by atoms with Gasteiger partial charge in [-0.1, -0.05) is 54.2 Å². The first-order valence-corrected chi connectivity index (χ1v) is 12.4. The Bertz CT molecular complexity index is 1220. The average Bonchev–Trinajstić information content (AvgIpc) is 2.86. The maximum Gasteiger partial charge on any atom is 0.416 e. The number of Topliss-reactive ketones (excluding diaryl/α,β-unsaturated/α-hetero) is 1. The number of alkyl halides is 4. The van der Waals surface area contributed by atoms with Gasteiger partial charge in [0, 0.05) is 41.4 Å². The topological polar surface area (TPSA) is 23.6 Å². The lowest BCUT2D eigenvalue weighted by molar-refractivity contribution is -0.137. The normalized spacial score (nSPS) is 20.3. The average molecular weight is 501 g/mol. The van der Waals surface area contributed by atoms with Gasteiger partial charge in [-0.05, 0) is 36.8 Å².